The van der Waals surface area contributed by atoms with Crippen molar-refractivity contribution < 1.29 is 24.2 Å². The number of methoxy groups -OCH3 is 1. The van der Waals surface area contributed by atoms with Gasteiger partial charge in [-0.1, -0.05) is 42.5 Å². The standard InChI is InChI=1S/C24H28N2O5/c1-30-24(29)21-9-5-6-10-22(21)31-18-20(27)17-25-13-15-26(16-14-25)23(28)12-11-19-7-3-2-4-8-19/h2-12,20,27H,13-18H2,1H3/b12-11+. The van der Waals surface area contributed by atoms with Crippen LogP contribution in [-0.2, 0) is 9.53 Å². The van der Waals surface area contributed by atoms with Gasteiger partial charge in [0, 0.05) is 38.8 Å². The molecule has 1 heterocycles. The number of hydrogen-bond donors (Lipinski definition) is 1. The first-order valence-corrected chi connectivity index (χ1v) is 10.3. The van der Waals surface area contributed by atoms with Gasteiger partial charge in [0.2, 0.25) is 5.91 Å². The molecule has 0 spiro atoms. The minimum absolute atomic E-state index is 0.00759. The van der Waals surface area contributed by atoms with E-state index < -0.39 is 12.1 Å². The van der Waals surface area contributed by atoms with Crippen molar-refractivity contribution in [2.24, 2.45) is 0 Å². The molecule has 1 N–H and O–H groups in total. The summed E-state index contributed by atoms with van der Waals surface area (Å²) in [5, 5.41) is 10.4. The molecular formula is C24H28N2O5. The molecule has 1 fully saturated rings. The minimum atomic E-state index is -0.717. The lowest BCUT2D eigenvalue weighted by Crippen LogP contribution is -2.50. The number of aliphatic hydroxyl groups is 1. The highest BCUT2D eigenvalue weighted by Gasteiger charge is 2.22. The molecule has 1 amide bonds. The highest BCUT2D eigenvalue weighted by atomic mass is 16.5. The van der Waals surface area contributed by atoms with Gasteiger partial charge in [0.05, 0.1) is 7.11 Å². The van der Waals surface area contributed by atoms with Gasteiger partial charge >= 0.3 is 5.97 Å². The predicted molar refractivity (Wildman–Crippen MR) is 118 cm³/mol. The van der Waals surface area contributed by atoms with Crippen molar-refractivity contribution in [1.82, 2.24) is 9.80 Å². The van der Waals surface area contributed by atoms with Crippen LogP contribution < -0.4 is 4.74 Å². The highest BCUT2D eigenvalue weighted by Crippen LogP contribution is 2.19. The molecule has 0 aliphatic carbocycles. The molecule has 164 valence electrons. The van der Waals surface area contributed by atoms with E-state index in [1.165, 1.54) is 7.11 Å². The molecule has 3 rings (SSSR count). The summed E-state index contributed by atoms with van der Waals surface area (Å²) in [5.74, 6) is -0.104. The lowest BCUT2D eigenvalue weighted by Gasteiger charge is -2.35. The van der Waals surface area contributed by atoms with Crippen LogP contribution in [0.3, 0.4) is 0 Å². The number of aliphatic hydroxyl groups excluding tert-OH is 1. The fourth-order valence-corrected chi connectivity index (χ4v) is 3.40. The zero-order valence-corrected chi connectivity index (χ0v) is 17.6. The van der Waals surface area contributed by atoms with Gasteiger partial charge in [-0.15, -0.1) is 0 Å². The fraction of sp³-hybridized carbons (Fsp3) is 0.333. The quantitative estimate of drug-likeness (QED) is 0.516. The van der Waals surface area contributed by atoms with Crippen LogP contribution in [-0.4, -0.2) is 79.3 Å². The number of hydrogen-bond acceptors (Lipinski definition) is 6. The summed E-state index contributed by atoms with van der Waals surface area (Å²) in [5.41, 5.74) is 1.32. The summed E-state index contributed by atoms with van der Waals surface area (Å²) in [6.07, 6.45) is 2.71. The van der Waals surface area contributed by atoms with E-state index >= 15 is 0 Å². The van der Waals surface area contributed by atoms with Gasteiger partial charge in [0.1, 0.15) is 24.0 Å². The first-order chi connectivity index (χ1) is 15.1. The van der Waals surface area contributed by atoms with E-state index in [-0.39, 0.29) is 12.5 Å². The van der Waals surface area contributed by atoms with Crippen LogP contribution in [0.5, 0.6) is 5.75 Å². The molecule has 0 saturated carbocycles. The summed E-state index contributed by atoms with van der Waals surface area (Å²) in [6.45, 7) is 3.07. The summed E-state index contributed by atoms with van der Waals surface area (Å²) < 4.78 is 10.4. The van der Waals surface area contributed by atoms with E-state index in [0.29, 0.717) is 44.0 Å². The van der Waals surface area contributed by atoms with Crippen LogP contribution in [0.4, 0.5) is 0 Å². The number of esters is 1. The average Bonchev–Trinajstić information content (AvgIpc) is 2.82. The molecule has 1 aliphatic rings. The monoisotopic (exact) mass is 424 g/mol. The van der Waals surface area contributed by atoms with E-state index in [1.54, 1.807) is 30.3 Å². The Morgan fingerprint density at radius 1 is 1.03 bits per heavy atom. The molecule has 7 nitrogen and oxygen atoms in total. The van der Waals surface area contributed by atoms with E-state index in [1.807, 2.05) is 41.3 Å². The number of carbonyl (C=O) groups is 2. The largest absolute Gasteiger partial charge is 0.490 e. The SMILES string of the molecule is COC(=O)c1ccccc1OCC(O)CN1CCN(C(=O)/C=C/c2ccccc2)CC1. The van der Waals surface area contributed by atoms with Crippen LogP contribution in [0.25, 0.3) is 6.08 Å². The van der Waals surface area contributed by atoms with Gasteiger partial charge < -0.3 is 19.5 Å². The second kappa shape index (κ2) is 11.3. The molecule has 1 saturated heterocycles. The number of amides is 1. The van der Waals surface area contributed by atoms with Gasteiger partial charge in [0.25, 0.3) is 0 Å². The molecule has 7 heteroatoms. The Balaban J connectivity index is 1.42. The summed E-state index contributed by atoms with van der Waals surface area (Å²) in [4.78, 5) is 28.1. The molecule has 2 aromatic rings. The molecule has 2 aromatic carbocycles. The van der Waals surface area contributed by atoms with Gasteiger partial charge in [-0.3, -0.25) is 9.69 Å². The molecule has 31 heavy (non-hydrogen) atoms. The van der Waals surface area contributed by atoms with E-state index in [2.05, 4.69) is 4.90 Å². The molecule has 1 aliphatic heterocycles. The topological polar surface area (TPSA) is 79.3 Å². The first-order valence-electron chi connectivity index (χ1n) is 10.3. The van der Waals surface area contributed by atoms with Crippen LogP contribution in [0.1, 0.15) is 15.9 Å². The Hall–Kier alpha value is -3.16. The second-order valence-electron chi connectivity index (χ2n) is 7.32. The van der Waals surface area contributed by atoms with Crippen LogP contribution in [0, 0.1) is 0 Å². The van der Waals surface area contributed by atoms with Crippen molar-refractivity contribution in [3.8, 4) is 5.75 Å². The smallest absolute Gasteiger partial charge is 0.341 e. The number of nitrogens with zero attached hydrogens (tertiary/aromatic N) is 2. The maximum atomic E-state index is 12.4. The van der Waals surface area contributed by atoms with Crippen molar-refractivity contribution in [3.05, 3.63) is 71.8 Å². The third kappa shape index (κ3) is 6.67. The molecule has 0 bridgehead atoms. The summed E-state index contributed by atoms with van der Waals surface area (Å²) >= 11 is 0. The maximum Gasteiger partial charge on any atom is 0.341 e. The normalized spacial score (nSPS) is 15.6. The minimum Gasteiger partial charge on any atom is -0.490 e. The lowest BCUT2D eigenvalue weighted by atomic mass is 10.2. The Labute approximate surface area is 182 Å². The van der Waals surface area contributed by atoms with Crippen molar-refractivity contribution in [2.45, 2.75) is 6.10 Å². The number of piperazine rings is 1. The molecule has 0 radical (unpaired) electrons. The Morgan fingerprint density at radius 3 is 2.42 bits per heavy atom. The van der Waals surface area contributed by atoms with E-state index in [9.17, 15) is 14.7 Å². The van der Waals surface area contributed by atoms with Gasteiger partial charge in [0.15, 0.2) is 0 Å². The Bertz CT molecular complexity index is 892. The van der Waals surface area contributed by atoms with Crippen LogP contribution >= 0.6 is 0 Å². The third-order valence-electron chi connectivity index (χ3n) is 5.09. The molecule has 1 unspecified atom stereocenters. The number of ether oxygens (including phenoxy) is 2. The van der Waals surface area contributed by atoms with E-state index in [0.717, 1.165) is 5.56 Å². The second-order valence-corrected chi connectivity index (χ2v) is 7.32. The number of carbonyl (C=O) groups excluding carboxylic acids is 2. The summed E-state index contributed by atoms with van der Waals surface area (Å²) in [7, 11) is 1.32. The maximum absolute atomic E-state index is 12.4. The van der Waals surface area contributed by atoms with Crippen molar-refractivity contribution in [1.29, 1.82) is 0 Å². The van der Waals surface area contributed by atoms with Crippen molar-refractivity contribution in [3.63, 3.8) is 0 Å². The predicted octanol–water partition coefficient (Wildman–Crippen LogP) is 2.07. The summed E-state index contributed by atoms with van der Waals surface area (Å²) in [6, 6.07) is 16.5. The number of rotatable bonds is 8. The third-order valence-corrected chi connectivity index (χ3v) is 5.09. The lowest BCUT2D eigenvalue weighted by molar-refractivity contribution is -0.127. The van der Waals surface area contributed by atoms with Crippen LogP contribution in [0.2, 0.25) is 0 Å². The zero-order valence-electron chi connectivity index (χ0n) is 17.6. The number of β-amino-alcohol motifs (C(OH)–C–C–N with tert-alkyl or cyclic N) is 1. The first kappa shape index (κ1) is 22.5. The zero-order chi connectivity index (χ0) is 22.1. The van der Waals surface area contributed by atoms with Gasteiger partial charge in [-0.2, -0.15) is 0 Å². The van der Waals surface area contributed by atoms with Gasteiger partial charge in [-0.25, -0.2) is 4.79 Å². The highest BCUT2D eigenvalue weighted by molar-refractivity contribution is 5.92. The number of para-hydroxylation sites is 1. The molecule has 1 atom stereocenters. The van der Waals surface area contributed by atoms with Gasteiger partial charge in [-0.05, 0) is 23.8 Å². The Morgan fingerprint density at radius 2 is 1.71 bits per heavy atom. The Kier molecular flexibility index (Phi) is 8.20. The average molecular weight is 424 g/mol. The van der Waals surface area contributed by atoms with Crippen molar-refractivity contribution >= 4 is 18.0 Å². The number of benzene rings is 2. The fourth-order valence-electron chi connectivity index (χ4n) is 3.40. The van der Waals surface area contributed by atoms with Crippen LogP contribution in [0.15, 0.2) is 60.7 Å². The van der Waals surface area contributed by atoms with E-state index in [4.69, 9.17) is 9.47 Å². The molecule has 0 aromatic heterocycles. The van der Waals surface area contributed by atoms with Crippen molar-refractivity contribution in [2.75, 3.05) is 46.4 Å². The molecular weight excluding hydrogens is 396 g/mol.